The highest BCUT2D eigenvalue weighted by molar-refractivity contribution is 5.98. The molecule has 0 saturated heterocycles. The minimum absolute atomic E-state index is 0.125. The van der Waals surface area contributed by atoms with E-state index in [9.17, 15) is 23.5 Å². The van der Waals surface area contributed by atoms with Crippen LogP contribution in [0.5, 0.6) is 0 Å². The van der Waals surface area contributed by atoms with Gasteiger partial charge in [0.1, 0.15) is 22.7 Å². The number of halogens is 2. The van der Waals surface area contributed by atoms with E-state index in [1.54, 1.807) is 0 Å². The van der Waals surface area contributed by atoms with E-state index in [4.69, 9.17) is 0 Å². The Labute approximate surface area is 114 Å². The Balaban J connectivity index is 2.33. The van der Waals surface area contributed by atoms with E-state index in [0.717, 1.165) is 6.07 Å². The normalized spacial score (nSPS) is 17.4. The lowest BCUT2D eigenvalue weighted by molar-refractivity contribution is -0.144. The predicted octanol–water partition coefficient (Wildman–Crippen LogP) is 2.26. The Bertz CT molecular complexity index is 584. The Hall–Kier alpha value is -1.98. The third-order valence-electron chi connectivity index (χ3n) is 3.72. The van der Waals surface area contributed by atoms with Gasteiger partial charge in [-0.15, -0.1) is 0 Å². The molecule has 2 rings (SSSR count). The number of carboxylic acids is 1. The zero-order valence-corrected chi connectivity index (χ0v) is 11.2. The summed E-state index contributed by atoms with van der Waals surface area (Å²) in [5, 5.41) is 11.5. The Morgan fingerprint density at radius 2 is 1.95 bits per heavy atom. The Morgan fingerprint density at radius 3 is 2.45 bits per heavy atom. The summed E-state index contributed by atoms with van der Waals surface area (Å²) in [6.45, 7) is 2.76. The van der Waals surface area contributed by atoms with Crippen LogP contribution in [0.1, 0.15) is 35.7 Å². The molecule has 1 unspecified atom stereocenters. The zero-order chi connectivity index (χ0) is 15.1. The minimum atomic E-state index is -1.50. The van der Waals surface area contributed by atoms with Gasteiger partial charge in [-0.05, 0) is 44.2 Å². The van der Waals surface area contributed by atoms with Gasteiger partial charge in [-0.25, -0.2) is 13.6 Å². The summed E-state index contributed by atoms with van der Waals surface area (Å²) in [5.74, 6) is -4.43. The van der Waals surface area contributed by atoms with E-state index in [1.165, 1.54) is 19.9 Å². The Kier molecular flexibility index (Phi) is 3.50. The molecule has 0 aliphatic heterocycles. The van der Waals surface area contributed by atoms with E-state index < -0.39 is 34.6 Å². The number of aryl methyl sites for hydroxylation is 1. The summed E-state index contributed by atoms with van der Waals surface area (Å²) in [5.41, 5.74) is -2.11. The summed E-state index contributed by atoms with van der Waals surface area (Å²) in [6.07, 6.45) is 1.34. The first-order valence-electron chi connectivity index (χ1n) is 6.28. The maximum Gasteiger partial charge on any atom is 0.329 e. The molecule has 1 aliphatic rings. The number of carboxylic acid groups (broad SMARTS) is 1. The number of benzene rings is 1. The van der Waals surface area contributed by atoms with Gasteiger partial charge in [-0.2, -0.15) is 0 Å². The van der Waals surface area contributed by atoms with Gasteiger partial charge in [0.25, 0.3) is 5.91 Å². The summed E-state index contributed by atoms with van der Waals surface area (Å²) in [4.78, 5) is 23.3. The molecule has 1 amide bonds. The van der Waals surface area contributed by atoms with Gasteiger partial charge >= 0.3 is 5.97 Å². The molecule has 2 N–H and O–H groups in total. The molecule has 4 nitrogen and oxygen atoms in total. The molecule has 1 aliphatic carbocycles. The standard InChI is InChI=1S/C14H15F2NO3/c1-7-3-6-9(15)10(11(7)16)12(18)17-14(2,13(19)20)8-4-5-8/h3,6,8H,4-5H2,1-2H3,(H,17,18)(H,19,20). The molecular formula is C14H15F2NO3. The van der Waals surface area contributed by atoms with E-state index in [2.05, 4.69) is 5.32 Å². The number of nitrogens with one attached hydrogen (secondary N) is 1. The van der Waals surface area contributed by atoms with Crippen LogP contribution in [0.4, 0.5) is 8.78 Å². The highest BCUT2D eigenvalue weighted by atomic mass is 19.1. The SMILES string of the molecule is Cc1ccc(F)c(C(=O)NC(C)(C(=O)O)C2CC2)c1F. The van der Waals surface area contributed by atoms with Crippen LogP contribution < -0.4 is 5.32 Å². The van der Waals surface area contributed by atoms with Crippen molar-refractivity contribution in [3.8, 4) is 0 Å². The molecule has 0 aromatic heterocycles. The molecule has 0 bridgehead atoms. The van der Waals surface area contributed by atoms with Gasteiger partial charge in [0.2, 0.25) is 0 Å². The fourth-order valence-electron chi connectivity index (χ4n) is 2.15. The van der Waals surface area contributed by atoms with Gasteiger partial charge in [-0.1, -0.05) is 6.07 Å². The van der Waals surface area contributed by atoms with E-state index in [-0.39, 0.29) is 11.5 Å². The highest BCUT2D eigenvalue weighted by Gasteiger charge is 2.49. The second-order valence-corrected chi connectivity index (χ2v) is 5.29. The van der Waals surface area contributed by atoms with Crippen LogP contribution in [-0.4, -0.2) is 22.5 Å². The smallest absolute Gasteiger partial charge is 0.329 e. The molecule has 0 radical (unpaired) electrons. The molecule has 1 aromatic rings. The van der Waals surface area contributed by atoms with Gasteiger partial charge in [0.05, 0.1) is 0 Å². The van der Waals surface area contributed by atoms with Crippen molar-refractivity contribution in [3.05, 3.63) is 34.9 Å². The summed E-state index contributed by atoms with van der Waals surface area (Å²) < 4.78 is 27.5. The lowest BCUT2D eigenvalue weighted by Crippen LogP contribution is -2.54. The summed E-state index contributed by atoms with van der Waals surface area (Å²) >= 11 is 0. The van der Waals surface area contributed by atoms with Crippen LogP contribution in [0.15, 0.2) is 12.1 Å². The first-order valence-corrected chi connectivity index (χ1v) is 6.28. The van der Waals surface area contributed by atoms with Crippen molar-refractivity contribution in [2.24, 2.45) is 5.92 Å². The molecule has 6 heteroatoms. The average molecular weight is 283 g/mol. The third-order valence-corrected chi connectivity index (χ3v) is 3.72. The van der Waals surface area contributed by atoms with Crippen LogP contribution in [0.3, 0.4) is 0 Å². The van der Waals surface area contributed by atoms with Crippen molar-refractivity contribution < 1.29 is 23.5 Å². The Morgan fingerprint density at radius 1 is 1.35 bits per heavy atom. The number of aliphatic carboxylic acids is 1. The molecule has 0 heterocycles. The van der Waals surface area contributed by atoms with Crippen LogP contribution in [0.2, 0.25) is 0 Å². The molecule has 1 saturated carbocycles. The fraction of sp³-hybridized carbons (Fsp3) is 0.429. The first kappa shape index (κ1) is 14.4. The molecule has 1 fully saturated rings. The van der Waals surface area contributed by atoms with Crippen LogP contribution in [0.25, 0.3) is 0 Å². The maximum absolute atomic E-state index is 13.9. The number of rotatable bonds is 4. The van der Waals surface area contributed by atoms with E-state index >= 15 is 0 Å². The minimum Gasteiger partial charge on any atom is -0.480 e. The van der Waals surface area contributed by atoms with Crippen molar-refractivity contribution in [1.29, 1.82) is 0 Å². The quantitative estimate of drug-likeness (QED) is 0.890. The average Bonchev–Trinajstić information content (AvgIpc) is 3.18. The fourth-order valence-corrected chi connectivity index (χ4v) is 2.15. The molecular weight excluding hydrogens is 268 g/mol. The van der Waals surface area contributed by atoms with Crippen molar-refractivity contribution in [2.75, 3.05) is 0 Å². The van der Waals surface area contributed by atoms with E-state index in [1.807, 2.05) is 0 Å². The summed E-state index contributed by atoms with van der Waals surface area (Å²) in [7, 11) is 0. The second kappa shape index (κ2) is 4.85. The largest absolute Gasteiger partial charge is 0.480 e. The van der Waals surface area contributed by atoms with Crippen LogP contribution in [-0.2, 0) is 4.79 Å². The lowest BCUT2D eigenvalue weighted by atomic mass is 9.95. The van der Waals surface area contributed by atoms with Gasteiger partial charge < -0.3 is 10.4 Å². The molecule has 20 heavy (non-hydrogen) atoms. The predicted molar refractivity (Wildman–Crippen MR) is 67.3 cm³/mol. The molecule has 1 atom stereocenters. The number of carbonyl (C=O) groups excluding carboxylic acids is 1. The van der Waals surface area contributed by atoms with Crippen molar-refractivity contribution >= 4 is 11.9 Å². The second-order valence-electron chi connectivity index (χ2n) is 5.29. The molecule has 1 aromatic carbocycles. The number of amides is 1. The zero-order valence-electron chi connectivity index (χ0n) is 11.2. The van der Waals surface area contributed by atoms with Crippen LogP contribution in [0, 0.1) is 24.5 Å². The molecule has 0 spiro atoms. The highest BCUT2D eigenvalue weighted by Crippen LogP contribution is 2.40. The molecule has 108 valence electrons. The van der Waals surface area contributed by atoms with Gasteiger partial charge in [0.15, 0.2) is 0 Å². The van der Waals surface area contributed by atoms with Gasteiger partial charge in [-0.3, -0.25) is 4.79 Å². The number of hydrogen-bond acceptors (Lipinski definition) is 2. The van der Waals surface area contributed by atoms with E-state index in [0.29, 0.717) is 12.8 Å². The number of hydrogen-bond donors (Lipinski definition) is 2. The number of carbonyl (C=O) groups is 2. The van der Waals surface area contributed by atoms with Crippen molar-refractivity contribution in [2.45, 2.75) is 32.2 Å². The topological polar surface area (TPSA) is 66.4 Å². The maximum atomic E-state index is 13.9. The first-order chi connectivity index (χ1) is 9.27. The van der Waals surface area contributed by atoms with Gasteiger partial charge in [0, 0.05) is 0 Å². The van der Waals surface area contributed by atoms with Crippen molar-refractivity contribution in [3.63, 3.8) is 0 Å². The lowest BCUT2D eigenvalue weighted by Gasteiger charge is -2.26. The summed E-state index contributed by atoms with van der Waals surface area (Å²) in [6, 6.07) is 2.21. The van der Waals surface area contributed by atoms with Crippen LogP contribution >= 0.6 is 0 Å². The van der Waals surface area contributed by atoms with Crippen molar-refractivity contribution in [1.82, 2.24) is 5.32 Å². The third kappa shape index (κ3) is 2.37. The monoisotopic (exact) mass is 283 g/mol.